The van der Waals surface area contributed by atoms with Gasteiger partial charge in [-0.3, -0.25) is 4.79 Å². The topological polar surface area (TPSA) is 20.3 Å². The van der Waals surface area contributed by atoms with Crippen molar-refractivity contribution < 1.29 is 4.79 Å². The lowest BCUT2D eigenvalue weighted by Crippen LogP contribution is -2.36. The fourth-order valence-corrected chi connectivity index (χ4v) is 3.05. The lowest BCUT2D eigenvalue weighted by molar-refractivity contribution is 0.195. The molecule has 2 nitrogen and oxygen atoms in total. The highest BCUT2D eigenvalue weighted by Crippen LogP contribution is 2.35. The van der Waals surface area contributed by atoms with Gasteiger partial charge in [-0.25, -0.2) is 0 Å². The fraction of sp³-hybridized carbons (Fsp3) is 0.900. The van der Waals surface area contributed by atoms with Crippen LogP contribution in [0.2, 0.25) is 0 Å². The maximum absolute atomic E-state index is 11.1. The van der Waals surface area contributed by atoms with Crippen LogP contribution in [0.5, 0.6) is 0 Å². The quantitative estimate of drug-likeness (QED) is 0.472. The molecule has 13 heavy (non-hydrogen) atoms. The molecule has 0 radical (unpaired) electrons. The van der Waals surface area contributed by atoms with E-state index in [-0.39, 0.29) is 5.37 Å². The molecule has 1 aliphatic heterocycles. The average Bonchev–Trinajstić information content (AvgIpc) is 2.74. The van der Waals surface area contributed by atoms with Crippen LogP contribution >= 0.6 is 11.6 Å². The molecule has 1 atom stereocenters. The monoisotopic (exact) mass is 201 g/mol. The highest BCUT2D eigenvalue weighted by Gasteiger charge is 2.35. The van der Waals surface area contributed by atoms with Crippen LogP contribution in [-0.2, 0) is 0 Å². The number of hydrogen-bond donors (Lipinski definition) is 0. The minimum atomic E-state index is -0.241. The van der Waals surface area contributed by atoms with Crippen molar-refractivity contribution in [1.82, 2.24) is 4.90 Å². The molecule has 1 saturated heterocycles. The third-order valence-electron chi connectivity index (χ3n) is 3.47. The molecule has 0 N–H and O–H groups in total. The summed E-state index contributed by atoms with van der Waals surface area (Å²) in [5.41, 5.74) is 0. The van der Waals surface area contributed by atoms with Gasteiger partial charge in [0.1, 0.15) is 0 Å². The van der Waals surface area contributed by atoms with Gasteiger partial charge in [-0.05, 0) is 43.2 Å². The molecule has 0 bridgehead atoms. The van der Waals surface area contributed by atoms with Crippen LogP contribution in [0.25, 0.3) is 0 Å². The van der Waals surface area contributed by atoms with Gasteiger partial charge in [-0.15, -0.1) is 0 Å². The van der Waals surface area contributed by atoms with Crippen LogP contribution in [0.4, 0.5) is 4.79 Å². The minimum absolute atomic E-state index is 0.241. The molecule has 0 aromatic carbocycles. The van der Waals surface area contributed by atoms with Gasteiger partial charge in [0.2, 0.25) is 0 Å². The molecule has 1 amide bonds. The van der Waals surface area contributed by atoms with Crippen LogP contribution in [0.15, 0.2) is 0 Å². The van der Waals surface area contributed by atoms with Crippen molar-refractivity contribution >= 4 is 17.0 Å². The number of amides is 1. The Bertz CT molecular complexity index is 201. The Kier molecular flexibility index (Phi) is 2.77. The van der Waals surface area contributed by atoms with Gasteiger partial charge in [0, 0.05) is 12.6 Å². The first kappa shape index (κ1) is 9.32. The molecule has 1 saturated carbocycles. The SMILES string of the molecule is O=C(Cl)N1CCCC1C1CCCC1. The Morgan fingerprint density at radius 1 is 1.15 bits per heavy atom. The second-order valence-electron chi connectivity index (χ2n) is 4.20. The van der Waals surface area contributed by atoms with Gasteiger partial charge in [0.05, 0.1) is 0 Å². The van der Waals surface area contributed by atoms with Crippen LogP contribution < -0.4 is 0 Å². The summed E-state index contributed by atoms with van der Waals surface area (Å²) in [6, 6.07) is 0.465. The number of hydrogen-bond acceptors (Lipinski definition) is 1. The molecule has 2 aliphatic rings. The highest BCUT2D eigenvalue weighted by atomic mass is 35.5. The highest BCUT2D eigenvalue weighted by molar-refractivity contribution is 6.62. The number of nitrogens with zero attached hydrogens (tertiary/aromatic N) is 1. The number of carbonyl (C=O) groups excluding carboxylic acids is 1. The predicted molar refractivity (Wildman–Crippen MR) is 52.9 cm³/mol. The first-order valence-electron chi connectivity index (χ1n) is 5.25. The molecule has 0 aromatic rings. The summed E-state index contributed by atoms with van der Waals surface area (Å²) in [5, 5.41) is -0.241. The minimum Gasteiger partial charge on any atom is -0.326 e. The van der Waals surface area contributed by atoms with Crippen molar-refractivity contribution in [3.8, 4) is 0 Å². The number of halogens is 1. The molecule has 0 aromatic heterocycles. The Balaban J connectivity index is 2.00. The largest absolute Gasteiger partial charge is 0.326 e. The lowest BCUT2D eigenvalue weighted by atomic mass is 9.96. The standard InChI is InChI=1S/C10H16ClNO/c11-10(13)12-7-3-6-9(12)8-4-1-2-5-8/h8-9H,1-7H2. The molecular weight excluding hydrogens is 186 g/mol. The van der Waals surface area contributed by atoms with Crippen molar-refractivity contribution in [1.29, 1.82) is 0 Å². The van der Waals surface area contributed by atoms with E-state index in [0.717, 1.165) is 18.9 Å². The fourth-order valence-electron chi connectivity index (χ4n) is 2.84. The van der Waals surface area contributed by atoms with Gasteiger partial charge in [-0.1, -0.05) is 12.8 Å². The zero-order valence-corrected chi connectivity index (χ0v) is 8.59. The van der Waals surface area contributed by atoms with E-state index in [1.165, 1.54) is 32.1 Å². The first-order valence-corrected chi connectivity index (χ1v) is 5.63. The maximum atomic E-state index is 11.1. The molecule has 1 aliphatic carbocycles. The van der Waals surface area contributed by atoms with Gasteiger partial charge in [0.15, 0.2) is 0 Å². The van der Waals surface area contributed by atoms with Crippen molar-refractivity contribution in [3.05, 3.63) is 0 Å². The van der Waals surface area contributed by atoms with Crippen LogP contribution in [0, 0.1) is 5.92 Å². The number of carbonyl (C=O) groups is 1. The van der Waals surface area contributed by atoms with E-state index in [2.05, 4.69) is 0 Å². The van der Waals surface area contributed by atoms with Crippen molar-refractivity contribution in [3.63, 3.8) is 0 Å². The van der Waals surface area contributed by atoms with E-state index in [1.54, 1.807) is 0 Å². The van der Waals surface area contributed by atoms with E-state index in [4.69, 9.17) is 11.6 Å². The Labute approximate surface area is 84.2 Å². The third-order valence-corrected chi connectivity index (χ3v) is 3.69. The Morgan fingerprint density at radius 2 is 1.85 bits per heavy atom. The third kappa shape index (κ3) is 1.83. The van der Waals surface area contributed by atoms with Gasteiger partial charge in [-0.2, -0.15) is 0 Å². The van der Waals surface area contributed by atoms with E-state index in [9.17, 15) is 4.79 Å². The van der Waals surface area contributed by atoms with Crippen molar-refractivity contribution in [2.75, 3.05) is 6.54 Å². The summed E-state index contributed by atoms with van der Waals surface area (Å²) in [5.74, 6) is 0.741. The number of likely N-dealkylation sites (tertiary alicyclic amines) is 1. The smallest absolute Gasteiger partial charge is 0.316 e. The second-order valence-corrected chi connectivity index (χ2v) is 4.52. The normalized spacial score (nSPS) is 29.9. The molecular formula is C10H16ClNO. The second kappa shape index (κ2) is 3.87. The molecule has 2 fully saturated rings. The molecule has 1 unspecified atom stereocenters. The summed E-state index contributed by atoms with van der Waals surface area (Å²) in [6.07, 6.45) is 7.58. The summed E-state index contributed by atoms with van der Waals surface area (Å²) < 4.78 is 0. The molecule has 74 valence electrons. The van der Waals surface area contributed by atoms with E-state index in [1.807, 2.05) is 4.90 Å². The summed E-state index contributed by atoms with van der Waals surface area (Å²) >= 11 is 5.54. The van der Waals surface area contributed by atoms with Crippen LogP contribution in [-0.4, -0.2) is 22.9 Å². The number of rotatable bonds is 1. The van der Waals surface area contributed by atoms with Gasteiger partial charge >= 0.3 is 5.37 Å². The van der Waals surface area contributed by atoms with E-state index in [0.29, 0.717) is 6.04 Å². The molecule has 3 heteroatoms. The maximum Gasteiger partial charge on any atom is 0.316 e. The zero-order valence-electron chi connectivity index (χ0n) is 7.84. The molecule has 1 heterocycles. The summed E-state index contributed by atoms with van der Waals surface area (Å²) in [4.78, 5) is 13.0. The molecule has 2 rings (SSSR count). The zero-order chi connectivity index (χ0) is 9.26. The summed E-state index contributed by atoms with van der Waals surface area (Å²) in [6.45, 7) is 0.878. The summed E-state index contributed by atoms with van der Waals surface area (Å²) in [7, 11) is 0. The first-order chi connectivity index (χ1) is 6.29. The molecule has 0 spiro atoms. The predicted octanol–water partition coefficient (Wildman–Crippen LogP) is 3.00. The van der Waals surface area contributed by atoms with Gasteiger partial charge < -0.3 is 4.90 Å². The average molecular weight is 202 g/mol. The van der Waals surface area contributed by atoms with Crippen LogP contribution in [0.3, 0.4) is 0 Å². The lowest BCUT2D eigenvalue weighted by Gasteiger charge is -2.27. The van der Waals surface area contributed by atoms with E-state index >= 15 is 0 Å². The Hall–Kier alpha value is -0.240. The Morgan fingerprint density at radius 3 is 2.46 bits per heavy atom. The van der Waals surface area contributed by atoms with Crippen molar-refractivity contribution in [2.24, 2.45) is 5.92 Å². The van der Waals surface area contributed by atoms with Gasteiger partial charge in [0.25, 0.3) is 0 Å². The van der Waals surface area contributed by atoms with Crippen molar-refractivity contribution in [2.45, 2.75) is 44.6 Å². The van der Waals surface area contributed by atoms with Crippen LogP contribution in [0.1, 0.15) is 38.5 Å². The van der Waals surface area contributed by atoms with E-state index < -0.39 is 0 Å².